The van der Waals surface area contributed by atoms with Gasteiger partial charge in [-0.1, -0.05) is 56.0 Å². The van der Waals surface area contributed by atoms with Crippen molar-refractivity contribution in [3.05, 3.63) is 82.7 Å². The van der Waals surface area contributed by atoms with Gasteiger partial charge in [-0.15, -0.1) is 16.8 Å². The number of carbonyl (C=O) groups is 1. The largest absolute Gasteiger partial charge is 0.486 e. The number of hydrogen-bond donors (Lipinski definition) is 1. The molecule has 3 rings (SSSR count). The summed E-state index contributed by atoms with van der Waals surface area (Å²) in [5.74, 6) is 1.40. The summed E-state index contributed by atoms with van der Waals surface area (Å²) in [4.78, 5) is 22.9. The number of anilines is 1. The molecule has 3 aromatic rings. The van der Waals surface area contributed by atoms with E-state index in [1.807, 2.05) is 28.8 Å². The van der Waals surface area contributed by atoms with Gasteiger partial charge in [0.05, 0.1) is 10.7 Å². The van der Waals surface area contributed by atoms with E-state index in [0.29, 0.717) is 23.4 Å². The Morgan fingerprint density at radius 3 is 2.64 bits per heavy atom. The van der Waals surface area contributed by atoms with E-state index in [-0.39, 0.29) is 29.6 Å². The number of amides is 1. The lowest BCUT2D eigenvalue weighted by Gasteiger charge is -2.10. The zero-order valence-corrected chi connectivity index (χ0v) is 19.2. The predicted octanol–water partition coefficient (Wildman–Crippen LogP) is 4.81. The number of allylic oxidation sites excluding steroid dienone is 1. The van der Waals surface area contributed by atoms with Gasteiger partial charge in [-0.2, -0.15) is 0 Å². The fourth-order valence-corrected chi connectivity index (χ4v) is 3.76. The molecule has 0 spiro atoms. The predicted molar refractivity (Wildman–Crippen MR) is 128 cm³/mol. The van der Waals surface area contributed by atoms with Crippen molar-refractivity contribution < 1.29 is 14.5 Å². The molecule has 0 atom stereocenters. The maximum absolute atomic E-state index is 12.4. The minimum atomic E-state index is -0.536. The molecule has 0 aliphatic rings. The number of aromatic nitrogens is 3. The molecule has 1 aromatic heterocycles. The normalized spacial score (nSPS) is 10.8. The van der Waals surface area contributed by atoms with Gasteiger partial charge in [0.2, 0.25) is 5.91 Å². The van der Waals surface area contributed by atoms with Crippen LogP contribution in [0, 0.1) is 10.1 Å². The number of carbonyl (C=O) groups excluding carboxylic acids is 1. The molecular formula is C23H25N5O4S. The van der Waals surface area contributed by atoms with Crippen LogP contribution >= 0.6 is 11.8 Å². The molecule has 0 unspecified atom stereocenters. The standard InChI is InChI=1S/C23H25N5O4S/c1-4-13-27-21(14-32-18-11-9-17(10-12-18)16(2)3)25-26-23(27)33-15-22(29)24-19-7-5-6-8-20(19)28(30)31/h4-12,16H,1,13-15H2,2-3H3,(H,24,29). The Labute approximate surface area is 196 Å². The number of nitro groups is 1. The lowest BCUT2D eigenvalue weighted by atomic mass is 10.0. The molecule has 33 heavy (non-hydrogen) atoms. The number of rotatable bonds is 11. The number of nitrogens with one attached hydrogen (secondary N) is 1. The fraction of sp³-hybridized carbons (Fsp3) is 0.261. The molecule has 0 fully saturated rings. The molecule has 1 heterocycles. The topological polar surface area (TPSA) is 112 Å². The highest BCUT2D eigenvalue weighted by Crippen LogP contribution is 2.25. The SMILES string of the molecule is C=CCn1c(COc2ccc(C(C)C)cc2)nnc1SCC(=O)Nc1ccccc1[N+](=O)[O-]. The molecule has 0 radical (unpaired) electrons. The van der Waals surface area contributed by atoms with E-state index in [0.717, 1.165) is 5.75 Å². The number of nitrogens with zero attached hydrogens (tertiary/aromatic N) is 4. The first kappa shape index (κ1) is 24.0. The van der Waals surface area contributed by atoms with Crippen LogP contribution in [0.2, 0.25) is 0 Å². The first-order valence-electron chi connectivity index (χ1n) is 10.3. The van der Waals surface area contributed by atoms with Crippen molar-refractivity contribution in [3.8, 4) is 5.75 Å². The van der Waals surface area contributed by atoms with Gasteiger partial charge in [-0.3, -0.25) is 19.5 Å². The third kappa shape index (κ3) is 6.42. The first-order chi connectivity index (χ1) is 15.9. The fourth-order valence-electron chi connectivity index (χ4n) is 3.00. The van der Waals surface area contributed by atoms with Gasteiger partial charge in [0.1, 0.15) is 18.0 Å². The van der Waals surface area contributed by atoms with Crippen molar-refractivity contribution in [3.63, 3.8) is 0 Å². The van der Waals surface area contributed by atoms with Gasteiger partial charge in [0.15, 0.2) is 11.0 Å². The van der Waals surface area contributed by atoms with Crippen molar-refractivity contribution in [2.45, 2.75) is 38.1 Å². The summed E-state index contributed by atoms with van der Waals surface area (Å²) in [5.41, 5.74) is 1.22. The Balaban J connectivity index is 1.62. The zero-order valence-electron chi connectivity index (χ0n) is 18.4. The van der Waals surface area contributed by atoms with E-state index in [1.54, 1.807) is 18.2 Å². The average Bonchev–Trinajstić information content (AvgIpc) is 3.18. The van der Waals surface area contributed by atoms with Crippen LogP contribution in [0.5, 0.6) is 5.75 Å². The van der Waals surface area contributed by atoms with Crippen molar-refractivity contribution in [1.29, 1.82) is 0 Å². The number of nitro benzene ring substituents is 1. The lowest BCUT2D eigenvalue weighted by molar-refractivity contribution is -0.383. The Hall–Kier alpha value is -3.66. The summed E-state index contributed by atoms with van der Waals surface area (Å²) in [6.07, 6.45) is 1.71. The van der Waals surface area contributed by atoms with Gasteiger partial charge in [-0.25, -0.2) is 0 Å². The molecule has 0 bridgehead atoms. The van der Waals surface area contributed by atoms with Crippen LogP contribution in [0.1, 0.15) is 31.2 Å². The molecule has 10 heteroatoms. The molecule has 0 saturated carbocycles. The monoisotopic (exact) mass is 467 g/mol. The van der Waals surface area contributed by atoms with E-state index >= 15 is 0 Å². The number of thioether (sulfide) groups is 1. The Morgan fingerprint density at radius 1 is 1.24 bits per heavy atom. The minimum absolute atomic E-state index is 0.0127. The van der Waals surface area contributed by atoms with E-state index in [9.17, 15) is 14.9 Å². The molecule has 0 aliphatic carbocycles. The summed E-state index contributed by atoms with van der Waals surface area (Å²) in [5, 5.41) is 22.6. The summed E-state index contributed by atoms with van der Waals surface area (Å²) in [7, 11) is 0. The van der Waals surface area contributed by atoms with Crippen molar-refractivity contribution >= 4 is 29.0 Å². The molecule has 2 aromatic carbocycles. The van der Waals surface area contributed by atoms with Crippen LogP contribution in [-0.2, 0) is 17.9 Å². The molecule has 9 nitrogen and oxygen atoms in total. The first-order valence-corrected chi connectivity index (χ1v) is 11.3. The highest BCUT2D eigenvalue weighted by Gasteiger charge is 2.17. The second-order valence-electron chi connectivity index (χ2n) is 7.42. The third-order valence-electron chi connectivity index (χ3n) is 4.73. The van der Waals surface area contributed by atoms with E-state index in [2.05, 4.69) is 35.9 Å². The summed E-state index contributed by atoms with van der Waals surface area (Å²) in [6.45, 7) is 8.70. The van der Waals surface area contributed by atoms with Crippen LogP contribution in [0.4, 0.5) is 11.4 Å². The number of ether oxygens (including phenoxy) is 1. The third-order valence-corrected chi connectivity index (χ3v) is 5.69. The van der Waals surface area contributed by atoms with Gasteiger partial charge < -0.3 is 10.1 Å². The highest BCUT2D eigenvalue weighted by molar-refractivity contribution is 7.99. The quantitative estimate of drug-likeness (QED) is 0.186. The summed E-state index contributed by atoms with van der Waals surface area (Å²) >= 11 is 1.18. The summed E-state index contributed by atoms with van der Waals surface area (Å²) in [6, 6.07) is 13.9. The van der Waals surface area contributed by atoms with Crippen LogP contribution < -0.4 is 10.1 Å². The van der Waals surface area contributed by atoms with Crippen molar-refractivity contribution in [2.75, 3.05) is 11.1 Å². The number of benzene rings is 2. The van der Waals surface area contributed by atoms with Crippen LogP contribution in [0.15, 0.2) is 66.3 Å². The second kappa shape index (κ2) is 11.3. The van der Waals surface area contributed by atoms with Crippen LogP contribution in [0.25, 0.3) is 0 Å². The van der Waals surface area contributed by atoms with Gasteiger partial charge in [0.25, 0.3) is 5.69 Å². The Bertz CT molecular complexity index is 1130. The molecule has 1 N–H and O–H groups in total. The molecular weight excluding hydrogens is 442 g/mol. The van der Waals surface area contributed by atoms with Gasteiger partial charge in [0, 0.05) is 12.6 Å². The van der Waals surface area contributed by atoms with Crippen molar-refractivity contribution in [2.24, 2.45) is 0 Å². The van der Waals surface area contributed by atoms with E-state index in [4.69, 9.17) is 4.74 Å². The average molecular weight is 468 g/mol. The van der Waals surface area contributed by atoms with Gasteiger partial charge >= 0.3 is 0 Å². The molecule has 0 saturated heterocycles. The molecule has 0 aliphatic heterocycles. The van der Waals surface area contributed by atoms with E-state index in [1.165, 1.54) is 29.5 Å². The van der Waals surface area contributed by atoms with Crippen LogP contribution in [-0.4, -0.2) is 31.3 Å². The zero-order chi connectivity index (χ0) is 23.8. The maximum Gasteiger partial charge on any atom is 0.292 e. The molecule has 1 amide bonds. The summed E-state index contributed by atoms with van der Waals surface area (Å²) < 4.78 is 7.68. The van der Waals surface area contributed by atoms with Gasteiger partial charge in [-0.05, 0) is 29.7 Å². The Morgan fingerprint density at radius 2 is 1.97 bits per heavy atom. The van der Waals surface area contributed by atoms with E-state index < -0.39 is 4.92 Å². The minimum Gasteiger partial charge on any atom is -0.486 e. The maximum atomic E-state index is 12.4. The number of hydrogen-bond acceptors (Lipinski definition) is 7. The van der Waals surface area contributed by atoms with Crippen LogP contribution in [0.3, 0.4) is 0 Å². The smallest absolute Gasteiger partial charge is 0.292 e. The number of para-hydroxylation sites is 2. The highest BCUT2D eigenvalue weighted by atomic mass is 32.2. The second-order valence-corrected chi connectivity index (χ2v) is 8.36. The Kier molecular flexibility index (Phi) is 8.20. The lowest BCUT2D eigenvalue weighted by Crippen LogP contribution is -2.16. The van der Waals surface area contributed by atoms with Crippen molar-refractivity contribution in [1.82, 2.24) is 14.8 Å². The molecule has 172 valence electrons.